The number of amides is 1. The van der Waals surface area contributed by atoms with E-state index in [1.807, 2.05) is 0 Å². The van der Waals surface area contributed by atoms with Crippen molar-refractivity contribution >= 4 is 11.6 Å². The summed E-state index contributed by atoms with van der Waals surface area (Å²) in [6.07, 6.45) is -2.94. The van der Waals surface area contributed by atoms with E-state index in [-0.39, 0.29) is 12.5 Å². The molecule has 0 atom stereocenters. The average molecular weight is 369 g/mol. The van der Waals surface area contributed by atoms with Crippen LogP contribution in [0, 0.1) is 0 Å². The van der Waals surface area contributed by atoms with E-state index in [0.29, 0.717) is 22.9 Å². The van der Waals surface area contributed by atoms with Gasteiger partial charge >= 0.3 is 6.18 Å². The van der Waals surface area contributed by atoms with Gasteiger partial charge in [-0.2, -0.15) is 18.3 Å². The van der Waals surface area contributed by atoms with Gasteiger partial charge in [-0.25, -0.2) is 0 Å². The van der Waals surface area contributed by atoms with Crippen LogP contribution in [-0.2, 0) is 17.5 Å². The third-order valence-corrected chi connectivity index (χ3v) is 4.07. The topological polar surface area (TPSA) is 65.4 Å². The molecule has 1 aromatic heterocycles. The Bertz CT molecular complexity index is 813. The van der Waals surface area contributed by atoms with Gasteiger partial charge in [-0.05, 0) is 31.0 Å². The minimum atomic E-state index is -4.54. The Kier molecular flexibility index (Phi) is 4.80. The second kappa shape index (κ2) is 6.89. The summed E-state index contributed by atoms with van der Waals surface area (Å²) in [5.74, 6) is 0.448. The Balaban J connectivity index is 1.79. The molecule has 0 radical (unpaired) electrons. The lowest BCUT2D eigenvalue weighted by atomic mass is 10.2. The lowest BCUT2D eigenvalue weighted by Gasteiger charge is -2.12. The minimum absolute atomic E-state index is 0.0257. The first-order chi connectivity index (χ1) is 12.3. The lowest BCUT2D eigenvalue weighted by molar-refractivity contribution is -0.141. The molecular formula is C17H18F3N3O3. The van der Waals surface area contributed by atoms with Gasteiger partial charge in [0.1, 0.15) is 18.0 Å². The Morgan fingerprint density at radius 3 is 2.58 bits per heavy atom. The van der Waals surface area contributed by atoms with Gasteiger partial charge in [0.2, 0.25) is 5.91 Å². The Labute approximate surface area is 147 Å². The Hall–Kier alpha value is -2.71. The van der Waals surface area contributed by atoms with Crippen molar-refractivity contribution in [1.82, 2.24) is 9.78 Å². The number of rotatable bonds is 6. The summed E-state index contributed by atoms with van der Waals surface area (Å²) in [6, 6.07) is 5.89. The molecule has 140 valence electrons. The van der Waals surface area contributed by atoms with Crippen LogP contribution in [0.2, 0.25) is 0 Å². The van der Waals surface area contributed by atoms with Crippen LogP contribution in [0.1, 0.15) is 30.1 Å². The maximum Gasteiger partial charge on any atom is 0.435 e. The molecule has 9 heteroatoms. The molecule has 1 saturated carbocycles. The molecule has 26 heavy (non-hydrogen) atoms. The predicted octanol–water partition coefficient (Wildman–Crippen LogP) is 3.44. The zero-order chi connectivity index (χ0) is 18.9. The number of aromatic nitrogens is 2. The largest absolute Gasteiger partial charge is 0.497 e. The van der Waals surface area contributed by atoms with Crippen LogP contribution in [0.5, 0.6) is 11.5 Å². The summed E-state index contributed by atoms with van der Waals surface area (Å²) < 4.78 is 50.2. The van der Waals surface area contributed by atoms with Crippen LogP contribution in [0.25, 0.3) is 0 Å². The van der Waals surface area contributed by atoms with Gasteiger partial charge < -0.3 is 14.8 Å². The van der Waals surface area contributed by atoms with Gasteiger partial charge in [0.15, 0.2) is 5.69 Å². The van der Waals surface area contributed by atoms with E-state index in [0.717, 1.165) is 23.6 Å². The highest BCUT2D eigenvalue weighted by molar-refractivity contribution is 5.92. The number of carbonyl (C=O) groups excluding carboxylic acids is 1. The molecule has 0 aliphatic heterocycles. The first kappa shape index (κ1) is 18.1. The van der Waals surface area contributed by atoms with Crippen LogP contribution in [0.15, 0.2) is 24.3 Å². The number of anilines is 1. The molecule has 1 heterocycles. The fourth-order valence-electron chi connectivity index (χ4n) is 2.64. The predicted molar refractivity (Wildman–Crippen MR) is 87.4 cm³/mol. The summed E-state index contributed by atoms with van der Waals surface area (Å²) in [7, 11) is 2.93. The molecule has 6 nitrogen and oxygen atoms in total. The third-order valence-electron chi connectivity index (χ3n) is 4.07. The van der Waals surface area contributed by atoms with Crippen molar-refractivity contribution in [1.29, 1.82) is 0 Å². The summed E-state index contributed by atoms with van der Waals surface area (Å²) in [6.45, 7) is -0.317. The molecule has 0 unspecified atom stereocenters. The molecular weight excluding hydrogens is 351 g/mol. The normalized spacial score (nSPS) is 14.2. The van der Waals surface area contributed by atoms with Crippen LogP contribution >= 0.6 is 0 Å². The number of nitrogens with one attached hydrogen (secondary N) is 1. The van der Waals surface area contributed by atoms with Gasteiger partial charge in [0.05, 0.1) is 19.9 Å². The van der Waals surface area contributed by atoms with E-state index in [4.69, 9.17) is 9.47 Å². The molecule has 0 spiro atoms. The number of halogens is 3. The first-order valence-corrected chi connectivity index (χ1v) is 7.98. The van der Waals surface area contributed by atoms with Crippen LogP contribution < -0.4 is 14.8 Å². The third kappa shape index (κ3) is 3.92. The van der Waals surface area contributed by atoms with Crippen LogP contribution in [0.4, 0.5) is 18.9 Å². The molecule has 1 aliphatic rings. The average Bonchev–Trinajstić information content (AvgIpc) is 3.34. The van der Waals surface area contributed by atoms with Gasteiger partial charge in [-0.1, -0.05) is 0 Å². The number of hydrogen-bond acceptors (Lipinski definition) is 4. The van der Waals surface area contributed by atoms with Crippen molar-refractivity contribution in [2.45, 2.75) is 31.5 Å². The molecule has 1 aromatic carbocycles. The molecule has 0 saturated heterocycles. The van der Waals surface area contributed by atoms with Crippen molar-refractivity contribution in [3.8, 4) is 11.5 Å². The highest BCUT2D eigenvalue weighted by Gasteiger charge is 2.38. The van der Waals surface area contributed by atoms with Crippen molar-refractivity contribution in [2.24, 2.45) is 0 Å². The molecule has 1 aliphatic carbocycles. The highest BCUT2D eigenvalue weighted by atomic mass is 19.4. The standard InChI is InChI=1S/C17H18F3N3O3/c1-25-11-5-6-14(26-2)12(7-11)21-16(24)9-23-13(10-3-4-10)8-15(22-23)17(18,19)20/h5-8,10H,3-4,9H2,1-2H3,(H,21,24). The lowest BCUT2D eigenvalue weighted by Crippen LogP contribution is -2.21. The van der Waals surface area contributed by atoms with E-state index in [1.54, 1.807) is 18.2 Å². The zero-order valence-corrected chi connectivity index (χ0v) is 14.3. The van der Waals surface area contributed by atoms with Crippen molar-refractivity contribution in [3.05, 3.63) is 35.7 Å². The summed E-state index contributed by atoms with van der Waals surface area (Å²) in [5.41, 5.74) is -0.177. The van der Waals surface area contributed by atoms with Crippen LogP contribution in [0.3, 0.4) is 0 Å². The number of alkyl halides is 3. The molecule has 3 rings (SSSR count). The number of methoxy groups -OCH3 is 2. The van der Waals surface area contributed by atoms with E-state index in [9.17, 15) is 18.0 Å². The Morgan fingerprint density at radius 2 is 2.00 bits per heavy atom. The van der Waals surface area contributed by atoms with Gasteiger partial charge in [-0.3, -0.25) is 9.48 Å². The van der Waals surface area contributed by atoms with Crippen LogP contribution in [-0.4, -0.2) is 29.9 Å². The maximum atomic E-state index is 12.9. The SMILES string of the molecule is COc1ccc(OC)c(NC(=O)Cn2nc(C(F)(F)F)cc2C2CC2)c1. The Morgan fingerprint density at radius 1 is 1.27 bits per heavy atom. The van der Waals surface area contributed by atoms with Gasteiger partial charge in [0.25, 0.3) is 0 Å². The molecule has 1 fully saturated rings. The minimum Gasteiger partial charge on any atom is -0.497 e. The molecule has 2 aromatic rings. The quantitative estimate of drug-likeness (QED) is 0.847. The van der Waals surface area contributed by atoms with Gasteiger partial charge in [0, 0.05) is 17.7 Å². The number of ether oxygens (including phenoxy) is 2. The zero-order valence-electron chi connectivity index (χ0n) is 14.3. The highest BCUT2D eigenvalue weighted by Crippen LogP contribution is 2.42. The first-order valence-electron chi connectivity index (χ1n) is 7.98. The van der Waals surface area contributed by atoms with E-state index in [2.05, 4.69) is 10.4 Å². The summed E-state index contributed by atoms with van der Waals surface area (Å²) >= 11 is 0. The number of hydrogen-bond donors (Lipinski definition) is 1. The van der Waals surface area contributed by atoms with Crippen molar-refractivity contribution in [3.63, 3.8) is 0 Å². The fraction of sp³-hybridized carbons (Fsp3) is 0.412. The van der Waals surface area contributed by atoms with Crippen molar-refractivity contribution in [2.75, 3.05) is 19.5 Å². The monoisotopic (exact) mass is 369 g/mol. The molecule has 1 amide bonds. The van der Waals surface area contributed by atoms with E-state index < -0.39 is 17.8 Å². The van der Waals surface area contributed by atoms with E-state index >= 15 is 0 Å². The van der Waals surface area contributed by atoms with Crippen molar-refractivity contribution < 1.29 is 27.4 Å². The van der Waals surface area contributed by atoms with Gasteiger partial charge in [-0.15, -0.1) is 0 Å². The fourth-order valence-corrected chi connectivity index (χ4v) is 2.64. The second-order valence-corrected chi connectivity index (χ2v) is 6.00. The molecule has 0 bridgehead atoms. The smallest absolute Gasteiger partial charge is 0.435 e. The summed E-state index contributed by atoms with van der Waals surface area (Å²) in [4.78, 5) is 12.4. The van der Waals surface area contributed by atoms with E-state index in [1.165, 1.54) is 14.2 Å². The number of benzene rings is 1. The summed E-state index contributed by atoms with van der Waals surface area (Å²) in [5, 5.41) is 6.21. The number of nitrogens with zero attached hydrogens (tertiary/aromatic N) is 2. The molecule has 1 N–H and O–H groups in total. The second-order valence-electron chi connectivity index (χ2n) is 6.00. The number of carbonyl (C=O) groups is 1. The maximum absolute atomic E-state index is 12.9.